The van der Waals surface area contributed by atoms with Crippen molar-refractivity contribution in [2.75, 3.05) is 12.8 Å². The van der Waals surface area contributed by atoms with Crippen LogP contribution in [0, 0.1) is 12.7 Å². The third-order valence-corrected chi connectivity index (χ3v) is 5.15. The van der Waals surface area contributed by atoms with Crippen LogP contribution >= 0.6 is 11.8 Å². The Morgan fingerprint density at radius 1 is 1.25 bits per heavy atom. The van der Waals surface area contributed by atoms with Crippen molar-refractivity contribution in [1.29, 1.82) is 0 Å². The highest BCUT2D eigenvalue weighted by Gasteiger charge is 2.31. The van der Waals surface area contributed by atoms with Crippen LogP contribution in [0.1, 0.15) is 28.7 Å². The Labute approximate surface area is 123 Å². The molecule has 0 aliphatic carbocycles. The molecule has 0 bridgehead atoms. The predicted octanol–water partition coefficient (Wildman–Crippen LogP) is 4.28. The van der Waals surface area contributed by atoms with Crippen molar-refractivity contribution < 1.29 is 4.39 Å². The van der Waals surface area contributed by atoms with Crippen molar-refractivity contribution >= 4 is 11.8 Å². The SMILES string of the molecule is CNC(c1cc(C)ccc1F)C1CSc2ccccc21. The van der Waals surface area contributed by atoms with Gasteiger partial charge in [0.05, 0.1) is 0 Å². The summed E-state index contributed by atoms with van der Waals surface area (Å²) in [4.78, 5) is 1.32. The van der Waals surface area contributed by atoms with E-state index in [9.17, 15) is 4.39 Å². The first-order chi connectivity index (χ1) is 9.70. The predicted molar refractivity (Wildman–Crippen MR) is 82.8 cm³/mol. The number of benzene rings is 2. The Hall–Kier alpha value is -1.32. The minimum absolute atomic E-state index is 0.0195. The van der Waals surface area contributed by atoms with Crippen LogP contribution in [0.3, 0.4) is 0 Å². The number of aryl methyl sites for hydroxylation is 1. The lowest BCUT2D eigenvalue weighted by Gasteiger charge is -2.24. The monoisotopic (exact) mass is 287 g/mol. The average Bonchev–Trinajstić information content (AvgIpc) is 2.88. The molecule has 2 unspecified atom stereocenters. The largest absolute Gasteiger partial charge is 0.312 e. The lowest BCUT2D eigenvalue weighted by atomic mass is 9.88. The summed E-state index contributed by atoms with van der Waals surface area (Å²) in [5.41, 5.74) is 3.20. The van der Waals surface area contributed by atoms with Gasteiger partial charge in [-0.3, -0.25) is 0 Å². The summed E-state index contributed by atoms with van der Waals surface area (Å²) in [6.07, 6.45) is 0. The van der Waals surface area contributed by atoms with E-state index in [2.05, 4.69) is 29.6 Å². The zero-order valence-electron chi connectivity index (χ0n) is 11.7. The van der Waals surface area contributed by atoms with E-state index in [1.807, 2.05) is 37.9 Å². The van der Waals surface area contributed by atoms with Gasteiger partial charge in [-0.1, -0.05) is 35.9 Å². The topological polar surface area (TPSA) is 12.0 Å². The second-order valence-corrected chi connectivity index (χ2v) is 6.31. The molecule has 3 heteroatoms. The minimum Gasteiger partial charge on any atom is -0.312 e. The molecule has 0 spiro atoms. The van der Waals surface area contributed by atoms with Gasteiger partial charge in [0.2, 0.25) is 0 Å². The summed E-state index contributed by atoms with van der Waals surface area (Å²) in [6.45, 7) is 2.01. The van der Waals surface area contributed by atoms with E-state index in [-0.39, 0.29) is 11.9 Å². The Balaban J connectivity index is 2.01. The second kappa shape index (κ2) is 5.58. The number of hydrogen-bond donors (Lipinski definition) is 1. The summed E-state index contributed by atoms with van der Waals surface area (Å²) >= 11 is 1.86. The minimum atomic E-state index is -0.121. The van der Waals surface area contributed by atoms with Crippen molar-refractivity contribution in [2.45, 2.75) is 23.8 Å². The Morgan fingerprint density at radius 3 is 2.85 bits per heavy atom. The molecule has 104 valence electrons. The van der Waals surface area contributed by atoms with E-state index in [0.29, 0.717) is 5.92 Å². The standard InChI is InChI=1S/C17H18FNS/c1-11-7-8-15(18)13(9-11)17(19-2)14-10-20-16-6-4-3-5-12(14)16/h3-9,14,17,19H,10H2,1-2H3. The fourth-order valence-electron chi connectivity index (χ4n) is 2.94. The fourth-order valence-corrected chi connectivity index (χ4v) is 4.23. The number of halogens is 1. The van der Waals surface area contributed by atoms with Gasteiger partial charge in [0.15, 0.2) is 0 Å². The molecule has 0 fully saturated rings. The van der Waals surface area contributed by atoms with Crippen LogP contribution in [0.2, 0.25) is 0 Å². The maximum absolute atomic E-state index is 14.2. The molecule has 0 aromatic heterocycles. The smallest absolute Gasteiger partial charge is 0.128 e. The molecular formula is C17H18FNS. The van der Waals surface area contributed by atoms with Crippen LogP contribution in [0.15, 0.2) is 47.4 Å². The van der Waals surface area contributed by atoms with Crippen LogP contribution in [0.4, 0.5) is 4.39 Å². The van der Waals surface area contributed by atoms with Crippen LogP contribution in [0.5, 0.6) is 0 Å². The quantitative estimate of drug-likeness (QED) is 0.904. The first-order valence-electron chi connectivity index (χ1n) is 6.85. The zero-order chi connectivity index (χ0) is 14.1. The number of nitrogens with one attached hydrogen (secondary N) is 1. The summed E-state index contributed by atoms with van der Waals surface area (Å²) in [5.74, 6) is 1.19. The van der Waals surface area contributed by atoms with Crippen molar-refractivity contribution in [2.24, 2.45) is 0 Å². The van der Waals surface area contributed by atoms with Crippen molar-refractivity contribution in [3.05, 3.63) is 65.0 Å². The fraction of sp³-hybridized carbons (Fsp3) is 0.294. The number of hydrogen-bond acceptors (Lipinski definition) is 2. The highest BCUT2D eigenvalue weighted by Crippen LogP contribution is 2.45. The molecule has 0 saturated heterocycles. The Morgan fingerprint density at radius 2 is 2.05 bits per heavy atom. The van der Waals surface area contributed by atoms with Crippen molar-refractivity contribution in [3.63, 3.8) is 0 Å². The third-order valence-electron chi connectivity index (χ3n) is 3.94. The molecule has 1 N–H and O–H groups in total. The molecule has 1 heterocycles. The van der Waals surface area contributed by atoms with E-state index in [0.717, 1.165) is 16.9 Å². The lowest BCUT2D eigenvalue weighted by molar-refractivity contribution is 0.483. The van der Waals surface area contributed by atoms with Gasteiger partial charge in [0.1, 0.15) is 5.82 Å². The van der Waals surface area contributed by atoms with E-state index in [4.69, 9.17) is 0 Å². The van der Waals surface area contributed by atoms with Crippen molar-refractivity contribution in [3.8, 4) is 0 Å². The van der Waals surface area contributed by atoms with Crippen LogP contribution in [-0.2, 0) is 0 Å². The van der Waals surface area contributed by atoms with Gasteiger partial charge >= 0.3 is 0 Å². The number of thioether (sulfide) groups is 1. The molecule has 20 heavy (non-hydrogen) atoms. The molecule has 2 atom stereocenters. The van der Waals surface area contributed by atoms with Crippen LogP contribution in [0.25, 0.3) is 0 Å². The second-order valence-electron chi connectivity index (χ2n) is 5.25. The molecule has 0 saturated carbocycles. The van der Waals surface area contributed by atoms with Gasteiger partial charge in [-0.2, -0.15) is 0 Å². The molecule has 1 aliphatic heterocycles. The Bertz CT molecular complexity index is 626. The highest BCUT2D eigenvalue weighted by molar-refractivity contribution is 7.99. The van der Waals surface area contributed by atoms with Gasteiger partial charge in [0.25, 0.3) is 0 Å². The summed E-state index contributed by atoms with van der Waals surface area (Å²) < 4.78 is 14.2. The third kappa shape index (κ3) is 2.36. The Kier molecular flexibility index (Phi) is 3.81. The lowest BCUT2D eigenvalue weighted by Crippen LogP contribution is -2.25. The first-order valence-corrected chi connectivity index (χ1v) is 7.84. The van der Waals surface area contributed by atoms with E-state index in [1.165, 1.54) is 10.5 Å². The average molecular weight is 287 g/mol. The summed E-state index contributed by atoms with van der Waals surface area (Å²) in [6, 6.07) is 13.8. The maximum Gasteiger partial charge on any atom is 0.128 e. The van der Waals surface area contributed by atoms with E-state index < -0.39 is 0 Å². The van der Waals surface area contributed by atoms with E-state index >= 15 is 0 Å². The van der Waals surface area contributed by atoms with Crippen LogP contribution in [-0.4, -0.2) is 12.8 Å². The number of likely N-dealkylation sites (N-methyl/N-ethyl adjacent to an activating group) is 1. The summed E-state index contributed by atoms with van der Waals surface area (Å²) in [7, 11) is 1.91. The van der Waals surface area contributed by atoms with Crippen molar-refractivity contribution in [1.82, 2.24) is 5.32 Å². The molecule has 0 amide bonds. The first kappa shape index (κ1) is 13.7. The number of fused-ring (bicyclic) bond motifs is 1. The number of rotatable bonds is 3. The normalized spacial score (nSPS) is 18.9. The molecule has 1 aliphatic rings. The maximum atomic E-state index is 14.2. The van der Waals surface area contributed by atoms with Crippen LogP contribution < -0.4 is 5.32 Å². The van der Waals surface area contributed by atoms with Gasteiger partial charge in [-0.15, -0.1) is 11.8 Å². The molecule has 2 aromatic rings. The van der Waals surface area contributed by atoms with Gasteiger partial charge in [0, 0.05) is 28.2 Å². The van der Waals surface area contributed by atoms with Gasteiger partial charge < -0.3 is 5.32 Å². The molecule has 2 aromatic carbocycles. The molecule has 1 nitrogen and oxygen atoms in total. The molecule has 0 radical (unpaired) electrons. The highest BCUT2D eigenvalue weighted by atomic mass is 32.2. The van der Waals surface area contributed by atoms with Gasteiger partial charge in [-0.25, -0.2) is 4.39 Å². The summed E-state index contributed by atoms with van der Waals surface area (Å²) in [5, 5.41) is 3.32. The van der Waals surface area contributed by atoms with Gasteiger partial charge in [-0.05, 0) is 31.7 Å². The van der Waals surface area contributed by atoms with E-state index in [1.54, 1.807) is 6.07 Å². The zero-order valence-corrected chi connectivity index (χ0v) is 12.5. The molecular weight excluding hydrogens is 269 g/mol. The molecule has 3 rings (SSSR count).